The van der Waals surface area contributed by atoms with Gasteiger partial charge in [0, 0.05) is 5.56 Å². The van der Waals surface area contributed by atoms with Gasteiger partial charge in [0.2, 0.25) is 11.7 Å². The van der Waals surface area contributed by atoms with Crippen molar-refractivity contribution in [3.8, 4) is 17.0 Å². The van der Waals surface area contributed by atoms with Crippen molar-refractivity contribution in [1.82, 2.24) is 10.5 Å². The molecule has 1 heterocycles. The van der Waals surface area contributed by atoms with Gasteiger partial charge in [-0.15, -0.1) is 0 Å². The standard InChI is InChI=1S/C21H20N2O5/c1-13(22-17(24)12-14-6-4-3-5-7-14)18-19(23-28-20(18)21(25)26)15-8-10-16(27-2)11-9-15/h3-11,13H,12H2,1-2H3,(H,22,24)(H,25,26)/t13-/m1/s1. The smallest absolute Gasteiger partial charge is 0.375 e. The van der Waals surface area contributed by atoms with Crippen LogP contribution in [0.4, 0.5) is 0 Å². The molecule has 7 heteroatoms. The van der Waals surface area contributed by atoms with E-state index in [0.717, 1.165) is 5.56 Å². The summed E-state index contributed by atoms with van der Waals surface area (Å²) in [5.41, 5.74) is 2.22. The zero-order valence-electron chi connectivity index (χ0n) is 15.5. The third-order valence-corrected chi connectivity index (χ3v) is 4.30. The average molecular weight is 380 g/mol. The van der Waals surface area contributed by atoms with Crippen LogP contribution in [0.25, 0.3) is 11.3 Å². The number of rotatable bonds is 7. The van der Waals surface area contributed by atoms with Crippen LogP contribution in [0.3, 0.4) is 0 Å². The number of hydrogen-bond donors (Lipinski definition) is 2. The Labute approximate surface area is 161 Å². The molecule has 28 heavy (non-hydrogen) atoms. The molecule has 0 spiro atoms. The predicted octanol–water partition coefficient (Wildman–Crippen LogP) is 3.47. The molecule has 144 valence electrons. The summed E-state index contributed by atoms with van der Waals surface area (Å²) >= 11 is 0. The van der Waals surface area contributed by atoms with E-state index in [-0.39, 0.29) is 18.1 Å². The highest BCUT2D eigenvalue weighted by Crippen LogP contribution is 2.31. The summed E-state index contributed by atoms with van der Waals surface area (Å²) in [6.45, 7) is 1.70. The number of carboxylic acids is 1. The van der Waals surface area contributed by atoms with Gasteiger partial charge < -0.3 is 19.7 Å². The SMILES string of the molecule is COc1ccc(-c2noc(C(=O)O)c2[C@@H](C)NC(=O)Cc2ccccc2)cc1. The number of methoxy groups -OCH3 is 1. The summed E-state index contributed by atoms with van der Waals surface area (Å²) < 4.78 is 10.2. The van der Waals surface area contributed by atoms with Crippen LogP contribution in [-0.4, -0.2) is 29.2 Å². The molecule has 0 radical (unpaired) electrons. The fourth-order valence-electron chi connectivity index (χ4n) is 2.96. The van der Waals surface area contributed by atoms with Crippen molar-refractivity contribution in [3.63, 3.8) is 0 Å². The van der Waals surface area contributed by atoms with Crippen molar-refractivity contribution in [2.45, 2.75) is 19.4 Å². The van der Waals surface area contributed by atoms with Crippen LogP contribution in [0, 0.1) is 0 Å². The molecule has 3 rings (SSSR count). The number of nitrogens with zero attached hydrogens (tertiary/aromatic N) is 1. The zero-order chi connectivity index (χ0) is 20.1. The summed E-state index contributed by atoms with van der Waals surface area (Å²) in [7, 11) is 1.56. The van der Waals surface area contributed by atoms with E-state index in [1.807, 2.05) is 30.3 Å². The molecule has 2 aromatic carbocycles. The molecule has 1 aromatic heterocycles. The van der Waals surface area contributed by atoms with Crippen LogP contribution in [0.2, 0.25) is 0 Å². The minimum Gasteiger partial charge on any atom is -0.497 e. The number of carboxylic acid groups (broad SMARTS) is 1. The highest BCUT2D eigenvalue weighted by Gasteiger charge is 2.28. The number of nitrogens with one attached hydrogen (secondary N) is 1. The molecular formula is C21H20N2O5. The number of benzene rings is 2. The van der Waals surface area contributed by atoms with Crippen LogP contribution in [0.1, 0.15) is 34.6 Å². The summed E-state index contributed by atoms with van der Waals surface area (Å²) in [6.07, 6.45) is 0.191. The molecule has 0 aliphatic rings. The molecule has 0 saturated carbocycles. The fraction of sp³-hybridized carbons (Fsp3) is 0.190. The second-order valence-electron chi connectivity index (χ2n) is 6.26. The quantitative estimate of drug-likeness (QED) is 0.651. The average Bonchev–Trinajstić information content (AvgIpc) is 3.14. The minimum atomic E-state index is -1.24. The van der Waals surface area contributed by atoms with Gasteiger partial charge >= 0.3 is 5.97 Å². The lowest BCUT2D eigenvalue weighted by Crippen LogP contribution is -2.29. The van der Waals surface area contributed by atoms with Gasteiger partial charge in [-0.05, 0) is 36.8 Å². The molecule has 2 N–H and O–H groups in total. The van der Waals surface area contributed by atoms with E-state index in [9.17, 15) is 14.7 Å². The van der Waals surface area contributed by atoms with E-state index < -0.39 is 12.0 Å². The first-order chi connectivity index (χ1) is 13.5. The van der Waals surface area contributed by atoms with Crippen LogP contribution in [0.5, 0.6) is 5.75 Å². The number of amides is 1. The summed E-state index contributed by atoms with van der Waals surface area (Å²) in [5.74, 6) is -1.10. The number of hydrogen-bond acceptors (Lipinski definition) is 5. The Morgan fingerprint density at radius 3 is 2.43 bits per heavy atom. The van der Waals surface area contributed by atoms with Gasteiger partial charge in [-0.1, -0.05) is 35.5 Å². The minimum absolute atomic E-state index is 0.191. The van der Waals surface area contributed by atoms with E-state index in [2.05, 4.69) is 10.5 Å². The van der Waals surface area contributed by atoms with E-state index in [4.69, 9.17) is 9.26 Å². The lowest BCUT2D eigenvalue weighted by molar-refractivity contribution is -0.121. The van der Waals surface area contributed by atoms with Crippen molar-refractivity contribution in [2.75, 3.05) is 7.11 Å². The Bertz CT molecular complexity index is 964. The highest BCUT2D eigenvalue weighted by molar-refractivity contribution is 5.89. The van der Waals surface area contributed by atoms with Crippen LogP contribution in [-0.2, 0) is 11.2 Å². The number of aromatic nitrogens is 1. The van der Waals surface area contributed by atoms with E-state index in [1.165, 1.54) is 0 Å². The summed E-state index contributed by atoms with van der Waals surface area (Å²) in [4.78, 5) is 24.0. The zero-order valence-corrected chi connectivity index (χ0v) is 15.5. The lowest BCUT2D eigenvalue weighted by Gasteiger charge is -2.15. The number of aromatic carboxylic acids is 1. The number of carbonyl (C=O) groups is 2. The third-order valence-electron chi connectivity index (χ3n) is 4.30. The van der Waals surface area contributed by atoms with Gasteiger partial charge in [-0.25, -0.2) is 4.79 Å². The van der Waals surface area contributed by atoms with Crippen molar-refractivity contribution in [2.24, 2.45) is 0 Å². The first kappa shape index (κ1) is 19.2. The van der Waals surface area contributed by atoms with Crippen molar-refractivity contribution in [3.05, 3.63) is 71.5 Å². The largest absolute Gasteiger partial charge is 0.497 e. The Hall–Kier alpha value is -3.61. The molecule has 0 fully saturated rings. The molecule has 0 unspecified atom stereocenters. The Morgan fingerprint density at radius 2 is 1.82 bits per heavy atom. The second kappa shape index (κ2) is 8.39. The van der Waals surface area contributed by atoms with E-state index in [0.29, 0.717) is 22.6 Å². The first-order valence-corrected chi connectivity index (χ1v) is 8.70. The molecule has 0 aliphatic carbocycles. The number of carbonyl (C=O) groups excluding carboxylic acids is 1. The maximum Gasteiger partial charge on any atom is 0.375 e. The maximum atomic E-state index is 12.4. The van der Waals surface area contributed by atoms with Gasteiger partial charge in [0.25, 0.3) is 0 Å². The molecule has 7 nitrogen and oxygen atoms in total. The van der Waals surface area contributed by atoms with E-state index >= 15 is 0 Å². The van der Waals surface area contributed by atoms with Gasteiger partial charge in [-0.2, -0.15) is 0 Å². The second-order valence-corrected chi connectivity index (χ2v) is 6.26. The predicted molar refractivity (Wildman–Crippen MR) is 102 cm³/mol. The van der Waals surface area contributed by atoms with Crippen LogP contribution < -0.4 is 10.1 Å². The van der Waals surface area contributed by atoms with Gasteiger partial charge in [-0.3, -0.25) is 4.79 Å². The molecule has 3 aromatic rings. The molecule has 1 amide bonds. The van der Waals surface area contributed by atoms with Gasteiger partial charge in [0.05, 0.1) is 25.1 Å². The number of ether oxygens (including phenoxy) is 1. The van der Waals surface area contributed by atoms with Crippen molar-refractivity contribution in [1.29, 1.82) is 0 Å². The van der Waals surface area contributed by atoms with Crippen molar-refractivity contribution >= 4 is 11.9 Å². The Balaban J connectivity index is 1.87. The third kappa shape index (κ3) is 4.20. The molecule has 0 aliphatic heterocycles. The normalized spacial score (nSPS) is 11.6. The van der Waals surface area contributed by atoms with Crippen LogP contribution >= 0.6 is 0 Å². The molecule has 0 saturated heterocycles. The molecule has 1 atom stereocenters. The van der Waals surface area contributed by atoms with Crippen molar-refractivity contribution < 1.29 is 24.0 Å². The van der Waals surface area contributed by atoms with Gasteiger partial charge in [0.15, 0.2) is 0 Å². The Kier molecular flexibility index (Phi) is 5.74. The van der Waals surface area contributed by atoms with E-state index in [1.54, 1.807) is 38.3 Å². The lowest BCUT2D eigenvalue weighted by atomic mass is 10.00. The monoisotopic (exact) mass is 380 g/mol. The highest BCUT2D eigenvalue weighted by atomic mass is 16.5. The Morgan fingerprint density at radius 1 is 1.14 bits per heavy atom. The topological polar surface area (TPSA) is 102 Å². The molecular weight excluding hydrogens is 360 g/mol. The first-order valence-electron chi connectivity index (χ1n) is 8.70. The molecule has 0 bridgehead atoms. The fourth-order valence-corrected chi connectivity index (χ4v) is 2.96. The summed E-state index contributed by atoms with van der Waals surface area (Å²) in [5, 5.41) is 16.2. The van der Waals surface area contributed by atoms with Gasteiger partial charge in [0.1, 0.15) is 11.4 Å². The maximum absolute atomic E-state index is 12.4. The summed E-state index contributed by atoms with van der Waals surface area (Å²) in [6, 6.07) is 15.7. The van der Waals surface area contributed by atoms with Crippen LogP contribution in [0.15, 0.2) is 59.1 Å².